The topological polar surface area (TPSA) is 46.0 Å². The summed E-state index contributed by atoms with van der Waals surface area (Å²) in [5.41, 5.74) is 0. The van der Waals surface area contributed by atoms with Crippen LogP contribution in [0, 0.1) is 0 Å². The van der Waals surface area contributed by atoms with Gasteiger partial charge in [-0.05, 0) is 48.7 Å². The summed E-state index contributed by atoms with van der Waals surface area (Å²) < 4.78 is 6.44. The van der Waals surface area contributed by atoms with Crippen molar-refractivity contribution in [1.29, 1.82) is 0 Å². The van der Waals surface area contributed by atoms with E-state index in [1.54, 1.807) is 0 Å². The van der Waals surface area contributed by atoms with E-state index in [-0.39, 0.29) is 6.23 Å². The molecule has 4 nitrogen and oxygen atoms in total. The Morgan fingerprint density at radius 2 is 2.62 bits per heavy atom. The molecule has 0 bridgehead atoms. The largest absolute Gasteiger partial charge is 0.354 e. The van der Waals surface area contributed by atoms with E-state index in [0.717, 1.165) is 29.7 Å². The molecule has 0 aromatic heterocycles. The average molecular weight is 295 g/mol. The van der Waals surface area contributed by atoms with Crippen LogP contribution in [0.3, 0.4) is 0 Å². The summed E-state index contributed by atoms with van der Waals surface area (Å²) in [7, 11) is 1.94. The molecule has 0 fully saturated rings. The molecule has 13 heavy (non-hydrogen) atoms. The predicted octanol–water partition coefficient (Wildman–Crippen LogP) is 2.07. The zero-order chi connectivity index (χ0) is 9.52. The zero-order valence-electron chi connectivity index (χ0n) is 7.66. The maximum Gasteiger partial charge on any atom is 0.172 e. The molecule has 1 rings (SSSR count). The minimum atomic E-state index is -0.0598. The Morgan fingerprint density at radius 1 is 1.77 bits per heavy atom. The molecule has 0 aliphatic carbocycles. The second kappa shape index (κ2) is 6.44. The molecule has 1 unspecified atom stereocenters. The molecule has 0 saturated heterocycles. The van der Waals surface area contributed by atoms with Crippen LogP contribution in [0.15, 0.2) is 20.0 Å². The highest BCUT2D eigenvalue weighted by molar-refractivity contribution is 14.1. The molecule has 1 aliphatic heterocycles. The van der Waals surface area contributed by atoms with Crippen LogP contribution in [-0.2, 0) is 4.74 Å². The van der Waals surface area contributed by atoms with Crippen LogP contribution in [-0.4, -0.2) is 26.4 Å². The molecule has 0 aromatic rings. The van der Waals surface area contributed by atoms with Gasteiger partial charge in [0.05, 0.1) is 6.61 Å². The summed E-state index contributed by atoms with van der Waals surface area (Å²) in [5, 5.41) is 11.0. The highest BCUT2D eigenvalue weighted by Crippen LogP contribution is 2.18. The molecule has 1 atom stereocenters. The number of halogens is 1. The van der Waals surface area contributed by atoms with Crippen LogP contribution < -0.4 is 5.32 Å². The SMILES string of the molecule is CNCCCOC1CC=C(I)N=N1. The minimum Gasteiger partial charge on any atom is -0.354 e. The molecule has 5 heteroatoms. The Balaban J connectivity index is 2.07. The van der Waals surface area contributed by atoms with Gasteiger partial charge in [-0.15, -0.1) is 5.11 Å². The quantitative estimate of drug-likeness (QED) is 0.479. The number of nitrogens with zero attached hydrogens (tertiary/aromatic N) is 2. The van der Waals surface area contributed by atoms with Crippen molar-refractivity contribution in [2.75, 3.05) is 20.2 Å². The summed E-state index contributed by atoms with van der Waals surface area (Å²) in [5.74, 6) is 0. The molecule has 1 heterocycles. The highest BCUT2D eigenvalue weighted by Gasteiger charge is 2.09. The Bertz CT molecular complexity index is 206. The highest BCUT2D eigenvalue weighted by atomic mass is 127. The fraction of sp³-hybridized carbons (Fsp3) is 0.750. The first kappa shape index (κ1) is 11.1. The standard InChI is InChI=1S/C8H14IN3O/c1-10-5-2-6-13-8-4-3-7(9)11-12-8/h3,8,10H,2,4-6H2,1H3. The van der Waals surface area contributed by atoms with Crippen molar-refractivity contribution in [1.82, 2.24) is 5.32 Å². The zero-order valence-corrected chi connectivity index (χ0v) is 9.82. The molecular weight excluding hydrogens is 281 g/mol. The Hall–Kier alpha value is -0.0100. The first-order valence-corrected chi connectivity index (χ1v) is 5.43. The van der Waals surface area contributed by atoms with Crippen LogP contribution in [0.25, 0.3) is 0 Å². The van der Waals surface area contributed by atoms with Crippen molar-refractivity contribution in [2.24, 2.45) is 10.2 Å². The molecule has 0 saturated carbocycles. The third-order valence-corrected chi connectivity index (χ3v) is 2.31. The molecule has 1 N–H and O–H groups in total. The van der Waals surface area contributed by atoms with Gasteiger partial charge in [0, 0.05) is 6.42 Å². The first-order valence-electron chi connectivity index (χ1n) is 4.35. The van der Waals surface area contributed by atoms with Gasteiger partial charge in [-0.2, -0.15) is 5.11 Å². The average Bonchev–Trinajstić information content (AvgIpc) is 2.15. The van der Waals surface area contributed by atoms with Crippen LogP contribution in [0.2, 0.25) is 0 Å². The third kappa shape index (κ3) is 4.68. The van der Waals surface area contributed by atoms with Gasteiger partial charge in [-0.3, -0.25) is 0 Å². The van der Waals surface area contributed by atoms with Crippen molar-refractivity contribution in [3.05, 3.63) is 9.78 Å². The van der Waals surface area contributed by atoms with Crippen molar-refractivity contribution in [3.63, 3.8) is 0 Å². The lowest BCUT2D eigenvalue weighted by Gasteiger charge is -2.13. The number of hydrogen-bond donors (Lipinski definition) is 1. The summed E-state index contributed by atoms with van der Waals surface area (Å²) >= 11 is 2.15. The molecular formula is C8H14IN3O. The van der Waals surface area contributed by atoms with E-state index < -0.39 is 0 Å². The molecule has 0 radical (unpaired) electrons. The molecule has 0 spiro atoms. The molecule has 0 amide bonds. The number of rotatable bonds is 5. The lowest BCUT2D eigenvalue weighted by atomic mass is 10.3. The van der Waals surface area contributed by atoms with Gasteiger partial charge in [0.2, 0.25) is 0 Å². The van der Waals surface area contributed by atoms with Crippen LogP contribution in [0.4, 0.5) is 0 Å². The van der Waals surface area contributed by atoms with Gasteiger partial charge in [0.15, 0.2) is 6.23 Å². The normalized spacial score (nSPS) is 21.7. The van der Waals surface area contributed by atoms with E-state index in [0.29, 0.717) is 0 Å². The van der Waals surface area contributed by atoms with Crippen LogP contribution in [0.5, 0.6) is 0 Å². The maximum atomic E-state index is 5.48. The summed E-state index contributed by atoms with van der Waals surface area (Å²) in [4.78, 5) is 0. The number of azo groups is 1. The number of nitrogens with one attached hydrogen (secondary N) is 1. The third-order valence-electron chi connectivity index (χ3n) is 1.65. The van der Waals surface area contributed by atoms with Crippen LogP contribution in [0.1, 0.15) is 12.8 Å². The Labute approximate surface area is 92.0 Å². The van der Waals surface area contributed by atoms with Gasteiger partial charge in [-0.1, -0.05) is 0 Å². The fourth-order valence-electron chi connectivity index (χ4n) is 0.975. The van der Waals surface area contributed by atoms with Crippen molar-refractivity contribution >= 4 is 22.6 Å². The van der Waals surface area contributed by atoms with Crippen molar-refractivity contribution in [3.8, 4) is 0 Å². The molecule has 74 valence electrons. The number of ether oxygens (including phenoxy) is 1. The van der Waals surface area contributed by atoms with E-state index in [9.17, 15) is 0 Å². The van der Waals surface area contributed by atoms with E-state index in [1.807, 2.05) is 13.1 Å². The van der Waals surface area contributed by atoms with E-state index >= 15 is 0 Å². The summed E-state index contributed by atoms with van der Waals surface area (Å²) in [6.07, 6.45) is 3.84. The number of hydrogen-bond acceptors (Lipinski definition) is 4. The Morgan fingerprint density at radius 3 is 3.23 bits per heavy atom. The second-order valence-electron chi connectivity index (χ2n) is 2.76. The predicted molar refractivity (Wildman–Crippen MR) is 59.9 cm³/mol. The van der Waals surface area contributed by atoms with E-state index in [2.05, 4.69) is 38.1 Å². The van der Waals surface area contributed by atoms with Crippen LogP contribution >= 0.6 is 22.6 Å². The molecule has 1 aliphatic rings. The Kier molecular flexibility index (Phi) is 5.49. The maximum absolute atomic E-state index is 5.48. The smallest absolute Gasteiger partial charge is 0.172 e. The summed E-state index contributed by atoms with van der Waals surface area (Å²) in [6.45, 7) is 1.73. The van der Waals surface area contributed by atoms with Gasteiger partial charge < -0.3 is 10.1 Å². The van der Waals surface area contributed by atoms with Gasteiger partial charge >= 0.3 is 0 Å². The van der Waals surface area contributed by atoms with Crippen molar-refractivity contribution in [2.45, 2.75) is 19.1 Å². The van der Waals surface area contributed by atoms with Gasteiger partial charge in [0.25, 0.3) is 0 Å². The lowest BCUT2D eigenvalue weighted by Crippen LogP contribution is -2.15. The first-order chi connectivity index (χ1) is 6.33. The van der Waals surface area contributed by atoms with E-state index in [4.69, 9.17) is 4.74 Å². The fourth-order valence-corrected chi connectivity index (χ4v) is 1.35. The summed E-state index contributed by atoms with van der Waals surface area (Å²) in [6, 6.07) is 0. The van der Waals surface area contributed by atoms with Gasteiger partial charge in [-0.25, -0.2) is 0 Å². The monoisotopic (exact) mass is 295 g/mol. The lowest BCUT2D eigenvalue weighted by molar-refractivity contribution is 0.0537. The second-order valence-corrected chi connectivity index (χ2v) is 3.87. The van der Waals surface area contributed by atoms with Crippen molar-refractivity contribution < 1.29 is 4.74 Å². The van der Waals surface area contributed by atoms with Gasteiger partial charge in [0.1, 0.15) is 3.70 Å². The molecule has 0 aromatic carbocycles. The minimum absolute atomic E-state index is 0.0598. The van der Waals surface area contributed by atoms with E-state index in [1.165, 1.54) is 0 Å².